The predicted octanol–water partition coefficient (Wildman–Crippen LogP) is 0.616. The van der Waals surface area contributed by atoms with Crippen LogP contribution in [0, 0.1) is 6.92 Å². The maximum absolute atomic E-state index is 10.6. The van der Waals surface area contributed by atoms with Gasteiger partial charge in [-0.3, -0.25) is 9.78 Å². The Morgan fingerprint density at radius 2 is 2.27 bits per heavy atom. The van der Waals surface area contributed by atoms with Crippen LogP contribution in [0.4, 0.5) is 0 Å². The molecule has 0 bridgehead atoms. The minimum atomic E-state index is 0.0110. The molecule has 0 aliphatic carbocycles. The number of nitrogens with one attached hydrogen (secondary N) is 2. The van der Waals surface area contributed by atoms with Crippen LogP contribution >= 0.6 is 0 Å². The fourth-order valence-electron chi connectivity index (χ4n) is 1.25. The van der Waals surface area contributed by atoms with Gasteiger partial charge in [-0.2, -0.15) is 0 Å². The number of pyridine rings is 1. The Morgan fingerprint density at radius 3 is 2.93 bits per heavy atom. The highest BCUT2D eigenvalue weighted by Crippen LogP contribution is 2.03. The van der Waals surface area contributed by atoms with E-state index in [9.17, 15) is 4.79 Å². The first-order valence-electron chi connectivity index (χ1n) is 5.05. The monoisotopic (exact) mass is 207 g/mol. The third-order valence-electron chi connectivity index (χ3n) is 2.13. The smallest absolute Gasteiger partial charge is 0.216 e. The van der Waals surface area contributed by atoms with Crippen molar-refractivity contribution in [2.75, 3.05) is 13.1 Å². The summed E-state index contributed by atoms with van der Waals surface area (Å²) in [5.74, 6) is 0.0110. The first kappa shape index (κ1) is 11.7. The molecule has 0 aliphatic rings. The quantitative estimate of drug-likeness (QED) is 0.696. The Hall–Kier alpha value is -1.42. The molecule has 4 heteroatoms. The summed E-state index contributed by atoms with van der Waals surface area (Å²) < 4.78 is 0. The Morgan fingerprint density at radius 1 is 1.47 bits per heavy atom. The van der Waals surface area contributed by atoms with E-state index in [-0.39, 0.29) is 5.91 Å². The van der Waals surface area contributed by atoms with Crippen LogP contribution in [0.25, 0.3) is 0 Å². The minimum Gasteiger partial charge on any atom is -0.355 e. The van der Waals surface area contributed by atoms with Crippen molar-refractivity contribution in [2.45, 2.75) is 20.4 Å². The molecule has 1 heterocycles. The maximum Gasteiger partial charge on any atom is 0.216 e. The van der Waals surface area contributed by atoms with E-state index >= 15 is 0 Å². The number of aromatic nitrogens is 1. The summed E-state index contributed by atoms with van der Waals surface area (Å²) in [5, 5.41) is 5.99. The van der Waals surface area contributed by atoms with E-state index in [1.165, 1.54) is 18.1 Å². The molecule has 0 aromatic carbocycles. The lowest BCUT2D eigenvalue weighted by Crippen LogP contribution is -2.30. The van der Waals surface area contributed by atoms with Crippen LogP contribution in [-0.4, -0.2) is 24.0 Å². The Bertz CT molecular complexity index is 325. The number of hydrogen-bond acceptors (Lipinski definition) is 3. The topological polar surface area (TPSA) is 54.0 Å². The van der Waals surface area contributed by atoms with Crippen LogP contribution in [0.1, 0.15) is 18.1 Å². The Balaban J connectivity index is 2.21. The van der Waals surface area contributed by atoms with Gasteiger partial charge in [-0.25, -0.2) is 0 Å². The molecule has 0 unspecified atom stereocenters. The maximum atomic E-state index is 10.6. The van der Waals surface area contributed by atoms with Gasteiger partial charge in [-0.1, -0.05) is 0 Å². The third kappa shape index (κ3) is 4.56. The summed E-state index contributed by atoms with van der Waals surface area (Å²) in [6.45, 7) is 5.82. The molecule has 2 N–H and O–H groups in total. The van der Waals surface area contributed by atoms with Crippen molar-refractivity contribution in [3.05, 3.63) is 29.6 Å². The summed E-state index contributed by atoms with van der Waals surface area (Å²) in [5.41, 5.74) is 2.43. The molecule has 4 nitrogen and oxygen atoms in total. The number of hydrogen-bond donors (Lipinski definition) is 2. The molecule has 1 amide bonds. The van der Waals surface area contributed by atoms with E-state index in [4.69, 9.17) is 0 Å². The van der Waals surface area contributed by atoms with E-state index in [2.05, 4.69) is 15.6 Å². The number of nitrogens with zero attached hydrogens (tertiary/aromatic N) is 1. The number of carbonyl (C=O) groups is 1. The van der Waals surface area contributed by atoms with Gasteiger partial charge < -0.3 is 10.6 Å². The van der Waals surface area contributed by atoms with Crippen LogP contribution < -0.4 is 10.6 Å². The van der Waals surface area contributed by atoms with Gasteiger partial charge in [0.1, 0.15) is 0 Å². The van der Waals surface area contributed by atoms with Gasteiger partial charge in [0.2, 0.25) is 5.91 Å². The van der Waals surface area contributed by atoms with E-state index in [1.54, 1.807) is 6.20 Å². The number of rotatable bonds is 5. The summed E-state index contributed by atoms with van der Waals surface area (Å²) in [7, 11) is 0. The molecule has 0 fully saturated rings. The van der Waals surface area contributed by atoms with Crippen molar-refractivity contribution < 1.29 is 4.79 Å². The van der Waals surface area contributed by atoms with Crippen molar-refractivity contribution >= 4 is 5.91 Å². The molecule has 0 radical (unpaired) electrons. The highest BCUT2D eigenvalue weighted by molar-refractivity contribution is 5.72. The largest absolute Gasteiger partial charge is 0.355 e. The molecule has 0 atom stereocenters. The summed E-state index contributed by atoms with van der Waals surface area (Å²) in [6, 6.07) is 2.00. The summed E-state index contributed by atoms with van der Waals surface area (Å²) >= 11 is 0. The fourth-order valence-corrected chi connectivity index (χ4v) is 1.25. The lowest BCUT2D eigenvalue weighted by Gasteiger charge is -2.07. The average Bonchev–Trinajstić information content (AvgIpc) is 2.20. The van der Waals surface area contributed by atoms with Gasteiger partial charge in [0.25, 0.3) is 0 Å². The van der Waals surface area contributed by atoms with Crippen molar-refractivity contribution in [1.82, 2.24) is 15.6 Å². The first-order chi connectivity index (χ1) is 7.20. The van der Waals surface area contributed by atoms with Crippen LogP contribution in [0.3, 0.4) is 0 Å². The van der Waals surface area contributed by atoms with Gasteiger partial charge in [-0.15, -0.1) is 0 Å². The first-order valence-corrected chi connectivity index (χ1v) is 5.05. The Labute approximate surface area is 90.1 Å². The van der Waals surface area contributed by atoms with Crippen molar-refractivity contribution in [1.29, 1.82) is 0 Å². The van der Waals surface area contributed by atoms with E-state index in [1.807, 2.05) is 19.2 Å². The molecule has 82 valence electrons. The predicted molar refractivity (Wildman–Crippen MR) is 59.4 cm³/mol. The highest BCUT2D eigenvalue weighted by atomic mass is 16.1. The van der Waals surface area contributed by atoms with Gasteiger partial charge >= 0.3 is 0 Å². The van der Waals surface area contributed by atoms with Crippen molar-refractivity contribution in [3.63, 3.8) is 0 Å². The SMILES string of the molecule is CC(=O)NCCNCc1ccncc1C. The molecule has 1 aromatic heterocycles. The van der Waals surface area contributed by atoms with E-state index < -0.39 is 0 Å². The van der Waals surface area contributed by atoms with E-state index in [0.717, 1.165) is 13.1 Å². The van der Waals surface area contributed by atoms with Gasteiger partial charge in [0, 0.05) is 39.0 Å². The summed E-state index contributed by atoms with van der Waals surface area (Å²) in [6.07, 6.45) is 3.64. The molecule has 0 spiro atoms. The molecule has 0 saturated carbocycles. The summed E-state index contributed by atoms with van der Waals surface area (Å²) in [4.78, 5) is 14.6. The zero-order valence-electron chi connectivity index (χ0n) is 9.21. The van der Waals surface area contributed by atoms with E-state index in [0.29, 0.717) is 6.54 Å². The number of amides is 1. The normalized spacial score (nSPS) is 10.0. The number of carbonyl (C=O) groups excluding carboxylic acids is 1. The van der Waals surface area contributed by atoms with Crippen LogP contribution in [-0.2, 0) is 11.3 Å². The molecule has 15 heavy (non-hydrogen) atoms. The lowest BCUT2D eigenvalue weighted by molar-refractivity contribution is -0.118. The van der Waals surface area contributed by atoms with Gasteiger partial charge in [0.05, 0.1) is 0 Å². The molecule has 1 rings (SSSR count). The second-order valence-corrected chi connectivity index (χ2v) is 3.46. The average molecular weight is 207 g/mol. The van der Waals surface area contributed by atoms with Crippen LogP contribution in [0.2, 0.25) is 0 Å². The lowest BCUT2D eigenvalue weighted by atomic mass is 10.1. The second kappa shape index (κ2) is 6.14. The van der Waals surface area contributed by atoms with Gasteiger partial charge in [-0.05, 0) is 24.1 Å². The zero-order valence-corrected chi connectivity index (χ0v) is 9.21. The number of aryl methyl sites for hydroxylation is 1. The molecule has 0 saturated heterocycles. The molecular weight excluding hydrogens is 190 g/mol. The second-order valence-electron chi connectivity index (χ2n) is 3.46. The Kier molecular flexibility index (Phi) is 4.77. The van der Waals surface area contributed by atoms with Crippen molar-refractivity contribution in [2.24, 2.45) is 0 Å². The van der Waals surface area contributed by atoms with Crippen LogP contribution in [0.15, 0.2) is 18.5 Å². The molecule has 0 aliphatic heterocycles. The zero-order chi connectivity index (χ0) is 11.1. The standard InChI is InChI=1S/C11H17N3O/c1-9-7-12-4-3-11(9)8-13-5-6-14-10(2)15/h3-4,7,13H,5-6,8H2,1-2H3,(H,14,15). The third-order valence-corrected chi connectivity index (χ3v) is 2.13. The molecular formula is C11H17N3O. The van der Waals surface area contributed by atoms with Crippen LogP contribution in [0.5, 0.6) is 0 Å². The van der Waals surface area contributed by atoms with Gasteiger partial charge in [0.15, 0.2) is 0 Å². The van der Waals surface area contributed by atoms with Crippen molar-refractivity contribution in [3.8, 4) is 0 Å². The molecule has 1 aromatic rings. The minimum absolute atomic E-state index is 0.0110. The fraction of sp³-hybridized carbons (Fsp3) is 0.455. The highest BCUT2D eigenvalue weighted by Gasteiger charge is 1.96.